The van der Waals surface area contributed by atoms with Gasteiger partial charge in [-0.3, -0.25) is 9.48 Å². The van der Waals surface area contributed by atoms with Crippen LogP contribution in [0, 0.1) is 6.92 Å². The van der Waals surface area contributed by atoms with Crippen LogP contribution in [0.3, 0.4) is 0 Å². The second-order valence-electron chi connectivity index (χ2n) is 5.07. The Morgan fingerprint density at radius 1 is 1.30 bits per heavy atom. The molecule has 106 valence electrons. The van der Waals surface area contributed by atoms with Gasteiger partial charge in [-0.05, 0) is 19.4 Å². The summed E-state index contributed by atoms with van der Waals surface area (Å²) in [6, 6.07) is 7.30. The Morgan fingerprint density at radius 3 is 2.50 bits per heavy atom. The molecule has 2 atom stereocenters. The number of aryl methyl sites for hydroxylation is 2. The van der Waals surface area contributed by atoms with Crippen molar-refractivity contribution in [1.82, 2.24) is 15.1 Å². The summed E-state index contributed by atoms with van der Waals surface area (Å²) in [4.78, 5) is 12.1. The third kappa shape index (κ3) is 3.24. The maximum atomic E-state index is 12.1. The number of amides is 1. The van der Waals surface area contributed by atoms with Crippen LogP contribution in [0.15, 0.2) is 36.7 Å². The lowest BCUT2D eigenvalue weighted by Gasteiger charge is -2.17. The Hall–Kier alpha value is -2.14. The summed E-state index contributed by atoms with van der Waals surface area (Å²) in [5, 5.41) is 6.95. The van der Waals surface area contributed by atoms with Gasteiger partial charge in [0.25, 0.3) is 0 Å². The van der Waals surface area contributed by atoms with Crippen molar-refractivity contribution in [3.05, 3.63) is 53.3 Å². The third-order valence-corrected chi connectivity index (χ3v) is 3.30. The molecule has 1 heterocycles. The Balaban J connectivity index is 2.02. The molecule has 0 saturated carbocycles. The number of hydrogen-bond donors (Lipinski definition) is 2. The summed E-state index contributed by atoms with van der Waals surface area (Å²) in [6.45, 7) is 3.98. The van der Waals surface area contributed by atoms with E-state index in [1.165, 1.54) is 5.56 Å². The molecule has 1 aromatic carbocycles. The highest BCUT2D eigenvalue weighted by atomic mass is 16.2. The summed E-state index contributed by atoms with van der Waals surface area (Å²) in [6.07, 6.45) is 3.36. The molecule has 0 aliphatic rings. The van der Waals surface area contributed by atoms with E-state index in [9.17, 15) is 4.79 Å². The van der Waals surface area contributed by atoms with Crippen LogP contribution < -0.4 is 11.1 Å². The maximum Gasteiger partial charge on any atom is 0.242 e. The monoisotopic (exact) mass is 272 g/mol. The van der Waals surface area contributed by atoms with Crippen molar-refractivity contribution in [2.75, 3.05) is 0 Å². The zero-order chi connectivity index (χ0) is 14.7. The first-order valence-electron chi connectivity index (χ1n) is 6.58. The third-order valence-electron chi connectivity index (χ3n) is 3.30. The van der Waals surface area contributed by atoms with Gasteiger partial charge >= 0.3 is 0 Å². The smallest absolute Gasteiger partial charge is 0.242 e. The molecule has 0 saturated heterocycles. The van der Waals surface area contributed by atoms with Crippen molar-refractivity contribution >= 4 is 5.91 Å². The lowest BCUT2D eigenvalue weighted by Crippen LogP contribution is -2.35. The van der Waals surface area contributed by atoms with E-state index in [0.29, 0.717) is 5.56 Å². The van der Waals surface area contributed by atoms with Crippen molar-refractivity contribution < 1.29 is 4.79 Å². The highest BCUT2D eigenvalue weighted by Crippen LogP contribution is 2.15. The lowest BCUT2D eigenvalue weighted by molar-refractivity contribution is -0.123. The predicted molar refractivity (Wildman–Crippen MR) is 77.9 cm³/mol. The number of nitrogens with one attached hydrogen (secondary N) is 1. The molecular weight excluding hydrogens is 252 g/mol. The molecule has 20 heavy (non-hydrogen) atoms. The molecule has 1 aromatic heterocycles. The van der Waals surface area contributed by atoms with Crippen LogP contribution in [0.25, 0.3) is 0 Å². The van der Waals surface area contributed by atoms with Crippen LogP contribution in [0.5, 0.6) is 0 Å². The summed E-state index contributed by atoms with van der Waals surface area (Å²) in [5.41, 5.74) is 8.90. The van der Waals surface area contributed by atoms with Gasteiger partial charge < -0.3 is 11.1 Å². The van der Waals surface area contributed by atoms with Gasteiger partial charge in [0.15, 0.2) is 0 Å². The van der Waals surface area contributed by atoms with E-state index in [2.05, 4.69) is 10.4 Å². The Kier molecular flexibility index (Phi) is 4.20. The van der Waals surface area contributed by atoms with Crippen molar-refractivity contribution in [2.24, 2.45) is 12.8 Å². The molecule has 0 bridgehead atoms. The Labute approximate surface area is 118 Å². The van der Waals surface area contributed by atoms with E-state index < -0.39 is 6.04 Å². The summed E-state index contributed by atoms with van der Waals surface area (Å²) >= 11 is 0. The van der Waals surface area contributed by atoms with Gasteiger partial charge in [0.2, 0.25) is 5.91 Å². The number of carbonyl (C=O) groups excluding carboxylic acids is 1. The van der Waals surface area contributed by atoms with Crippen LogP contribution in [0.2, 0.25) is 0 Å². The number of carbonyl (C=O) groups is 1. The molecule has 0 spiro atoms. The minimum atomic E-state index is -0.698. The fourth-order valence-corrected chi connectivity index (χ4v) is 1.99. The Bertz CT molecular complexity index is 588. The molecule has 0 fully saturated rings. The molecule has 2 aromatic rings. The highest BCUT2D eigenvalue weighted by Gasteiger charge is 2.19. The van der Waals surface area contributed by atoms with Gasteiger partial charge in [0, 0.05) is 18.8 Å². The van der Waals surface area contributed by atoms with E-state index in [-0.39, 0.29) is 11.9 Å². The van der Waals surface area contributed by atoms with Gasteiger partial charge in [0.05, 0.1) is 12.2 Å². The molecule has 5 nitrogen and oxygen atoms in total. The average molecular weight is 272 g/mol. The summed E-state index contributed by atoms with van der Waals surface area (Å²) < 4.78 is 1.63. The standard InChI is InChI=1S/C15H20N4O/c1-10-4-6-12(7-5-10)11(2)18-15(20)14(16)13-8-17-19(3)9-13/h4-9,11,14H,16H2,1-3H3,(H,18,20)/t11-,14?/m0/s1. The molecule has 0 aliphatic heterocycles. The molecular formula is C15H20N4O. The van der Waals surface area contributed by atoms with E-state index in [1.807, 2.05) is 38.1 Å². The minimum absolute atomic E-state index is 0.0779. The van der Waals surface area contributed by atoms with Crippen LogP contribution >= 0.6 is 0 Å². The average Bonchev–Trinajstić information content (AvgIpc) is 2.85. The molecule has 1 amide bonds. The highest BCUT2D eigenvalue weighted by molar-refractivity contribution is 5.83. The van der Waals surface area contributed by atoms with Crippen LogP contribution in [0.1, 0.15) is 35.7 Å². The topological polar surface area (TPSA) is 72.9 Å². The van der Waals surface area contributed by atoms with Gasteiger partial charge in [-0.15, -0.1) is 0 Å². The number of hydrogen-bond acceptors (Lipinski definition) is 3. The first kappa shape index (κ1) is 14.3. The summed E-state index contributed by atoms with van der Waals surface area (Å²) in [5.74, 6) is -0.203. The number of nitrogens with two attached hydrogens (primary N) is 1. The first-order valence-corrected chi connectivity index (χ1v) is 6.58. The van der Waals surface area contributed by atoms with Crippen molar-refractivity contribution in [1.29, 1.82) is 0 Å². The largest absolute Gasteiger partial charge is 0.348 e. The normalized spacial score (nSPS) is 13.8. The molecule has 0 radical (unpaired) electrons. The first-order chi connectivity index (χ1) is 9.47. The number of nitrogens with zero attached hydrogens (tertiary/aromatic N) is 2. The lowest BCUT2D eigenvalue weighted by atomic mass is 10.1. The van der Waals surface area contributed by atoms with Gasteiger partial charge in [-0.25, -0.2) is 0 Å². The van der Waals surface area contributed by atoms with Crippen LogP contribution in [0.4, 0.5) is 0 Å². The predicted octanol–water partition coefficient (Wildman–Crippen LogP) is 1.61. The molecule has 3 N–H and O–H groups in total. The number of rotatable bonds is 4. The van der Waals surface area contributed by atoms with E-state index in [0.717, 1.165) is 5.56 Å². The fraction of sp³-hybridized carbons (Fsp3) is 0.333. The van der Waals surface area contributed by atoms with Crippen molar-refractivity contribution in [2.45, 2.75) is 25.9 Å². The van der Waals surface area contributed by atoms with Gasteiger partial charge in [-0.1, -0.05) is 29.8 Å². The molecule has 2 rings (SSSR count). The second-order valence-corrected chi connectivity index (χ2v) is 5.07. The zero-order valence-electron chi connectivity index (χ0n) is 12.0. The van der Waals surface area contributed by atoms with Gasteiger partial charge in [-0.2, -0.15) is 5.10 Å². The zero-order valence-corrected chi connectivity index (χ0v) is 12.0. The van der Waals surface area contributed by atoms with Crippen LogP contribution in [-0.2, 0) is 11.8 Å². The van der Waals surface area contributed by atoms with E-state index in [4.69, 9.17) is 5.73 Å². The van der Waals surface area contributed by atoms with Crippen LogP contribution in [-0.4, -0.2) is 15.7 Å². The molecule has 0 aliphatic carbocycles. The van der Waals surface area contributed by atoms with Crippen molar-refractivity contribution in [3.8, 4) is 0 Å². The van der Waals surface area contributed by atoms with E-state index >= 15 is 0 Å². The maximum absolute atomic E-state index is 12.1. The van der Waals surface area contributed by atoms with Crippen molar-refractivity contribution in [3.63, 3.8) is 0 Å². The summed E-state index contributed by atoms with van der Waals surface area (Å²) in [7, 11) is 1.79. The number of aromatic nitrogens is 2. The minimum Gasteiger partial charge on any atom is -0.348 e. The Morgan fingerprint density at radius 2 is 1.95 bits per heavy atom. The van der Waals surface area contributed by atoms with Gasteiger partial charge in [0.1, 0.15) is 6.04 Å². The number of benzene rings is 1. The second kappa shape index (κ2) is 5.88. The molecule has 1 unspecified atom stereocenters. The fourth-order valence-electron chi connectivity index (χ4n) is 1.99. The quantitative estimate of drug-likeness (QED) is 0.888. The van der Waals surface area contributed by atoms with E-state index in [1.54, 1.807) is 24.1 Å². The molecule has 5 heteroatoms. The SMILES string of the molecule is Cc1ccc([C@H](C)NC(=O)C(N)c2cnn(C)c2)cc1.